The second-order valence-electron chi connectivity index (χ2n) is 7.93. The lowest BCUT2D eigenvalue weighted by Crippen LogP contribution is -2.28. The quantitative estimate of drug-likeness (QED) is 0.661. The number of phenols is 1. The van der Waals surface area contributed by atoms with Gasteiger partial charge in [-0.05, 0) is 28.2 Å². The third kappa shape index (κ3) is 3.39. The fourth-order valence-electron chi connectivity index (χ4n) is 2.38. The van der Waals surface area contributed by atoms with Crippen LogP contribution in [0.4, 0.5) is 0 Å². The Balaban J connectivity index is 3.63. The second-order valence-corrected chi connectivity index (χ2v) is 8.19. The van der Waals surface area contributed by atoms with Gasteiger partial charge in [-0.25, -0.2) is 0 Å². The van der Waals surface area contributed by atoms with Gasteiger partial charge in [0.1, 0.15) is 5.75 Å². The topological polar surface area (TPSA) is 20.2 Å². The summed E-state index contributed by atoms with van der Waals surface area (Å²) in [5, 5.41) is 10.9. The molecule has 120 valence electrons. The molecule has 0 atom stereocenters. The van der Waals surface area contributed by atoms with E-state index in [1.807, 2.05) is 0 Å². The van der Waals surface area contributed by atoms with Crippen LogP contribution in [-0.4, -0.2) is 5.11 Å². The Morgan fingerprint density at radius 2 is 1.24 bits per heavy atom. The zero-order valence-corrected chi connectivity index (χ0v) is 15.6. The average Bonchev–Trinajstić information content (AvgIpc) is 2.38. The molecule has 0 aliphatic rings. The molecule has 1 aromatic rings. The highest BCUT2D eigenvalue weighted by Crippen LogP contribution is 2.45. The normalized spacial score (nSPS) is 13.3. The number of alkyl halides is 1. The first-order chi connectivity index (χ1) is 9.46. The Hall–Kier alpha value is -0.690. The summed E-state index contributed by atoms with van der Waals surface area (Å²) in [6.07, 6.45) is 0. The van der Waals surface area contributed by atoms with Gasteiger partial charge in [0.2, 0.25) is 0 Å². The Labute approximate surface area is 135 Å². The minimum absolute atomic E-state index is 0.0893. The Bertz CT molecular complexity index is 457. The van der Waals surface area contributed by atoms with Gasteiger partial charge in [0.05, 0.1) is 0 Å². The van der Waals surface area contributed by atoms with E-state index in [0.717, 1.165) is 16.7 Å². The van der Waals surface area contributed by atoms with Crippen LogP contribution < -0.4 is 0 Å². The first-order valence-electron chi connectivity index (χ1n) is 7.89. The molecule has 0 spiro atoms. The number of hydrogen-bond donors (Lipinski definition) is 1. The first-order valence-corrected chi connectivity index (χ1v) is 8.42. The van der Waals surface area contributed by atoms with E-state index in [1.54, 1.807) is 0 Å². The van der Waals surface area contributed by atoms with E-state index in [1.165, 1.54) is 0 Å². The second kappa shape index (κ2) is 6.20. The van der Waals surface area contributed by atoms with Crippen molar-refractivity contribution in [2.24, 2.45) is 11.8 Å². The van der Waals surface area contributed by atoms with Crippen molar-refractivity contribution in [2.75, 3.05) is 0 Å². The van der Waals surface area contributed by atoms with Crippen molar-refractivity contribution in [2.45, 2.75) is 72.1 Å². The van der Waals surface area contributed by atoms with E-state index in [-0.39, 0.29) is 10.8 Å². The Morgan fingerprint density at radius 3 is 1.48 bits per heavy atom. The molecule has 0 aromatic heterocycles. The number of benzene rings is 1. The van der Waals surface area contributed by atoms with E-state index in [0.29, 0.717) is 23.5 Å². The zero-order valence-electron chi connectivity index (χ0n) is 14.8. The molecule has 0 saturated heterocycles. The summed E-state index contributed by atoms with van der Waals surface area (Å²) in [5.41, 5.74) is 2.93. The van der Waals surface area contributed by atoms with Crippen molar-refractivity contribution in [3.8, 4) is 5.75 Å². The number of aromatic hydroxyl groups is 1. The summed E-state index contributed by atoms with van der Waals surface area (Å²) in [6, 6.07) is 4.14. The summed E-state index contributed by atoms with van der Waals surface area (Å²) >= 11 is 6.10. The fourth-order valence-corrected chi connectivity index (χ4v) is 2.53. The van der Waals surface area contributed by atoms with E-state index in [2.05, 4.69) is 67.5 Å². The van der Waals surface area contributed by atoms with Crippen molar-refractivity contribution in [3.05, 3.63) is 28.8 Å². The maximum atomic E-state index is 10.9. The molecule has 0 bridgehead atoms. The summed E-state index contributed by atoms with van der Waals surface area (Å²) in [7, 11) is 0. The molecular weight excluding hydrogens is 280 g/mol. The molecule has 2 heteroatoms. The molecule has 0 radical (unpaired) electrons. The van der Waals surface area contributed by atoms with Crippen LogP contribution in [0, 0.1) is 11.8 Å². The van der Waals surface area contributed by atoms with Gasteiger partial charge in [0, 0.05) is 17.0 Å². The standard InChI is InChI=1S/C19H31ClO/c1-12(2)18(5,6)15-9-14(11-20)10-16(17(15)21)19(7,8)13(3)4/h9-10,12-13,21H,11H2,1-8H3. The molecule has 0 aliphatic heterocycles. The third-order valence-electron chi connectivity index (χ3n) is 5.60. The smallest absolute Gasteiger partial charge is 0.123 e. The lowest BCUT2D eigenvalue weighted by molar-refractivity contribution is 0.327. The monoisotopic (exact) mass is 310 g/mol. The van der Waals surface area contributed by atoms with Crippen LogP contribution in [0.15, 0.2) is 12.1 Å². The van der Waals surface area contributed by atoms with Crippen molar-refractivity contribution in [3.63, 3.8) is 0 Å². The van der Waals surface area contributed by atoms with Crippen LogP contribution in [0.3, 0.4) is 0 Å². The molecule has 0 saturated carbocycles. The van der Waals surface area contributed by atoms with Crippen LogP contribution in [0.2, 0.25) is 0 Å². The van der Waals surface area contributed by atoms with Crippen LogP contribution in [-0.2, 0) is 16.7 Å². The van der Waals surface area contributed by atoms with Gasteiger partial charge in [-0.1, -0.05) is 67.5 Å². The third-order valence-corrected chi connectivity index (χ3v) is 5.91. The highest BCUT2D eigenvalue weighted by atomic mass is 35.5. The molecule has 21 heavy (non-hydrogen) atoms. The maximum Gasteiger partial charge on any atom is 0.123 e. The van der Waals surface area contributed by atoms with Gasteiger partial charge in [-0.15, -0.1) is 11.6 Å². The van der Waals surface area contributed by atoms with E-state index in [4.69, 9.17) is 11.6 Å². The highest BCUT2D eigenvalue weighted by Gasteiger charge is 2.34. The van der Waals surface area contributed by atoms with Crippen LogP contribution in [0.5, 0.6) is 5.75 Å². The van der Waals surface area contributed by atoms with Crippen LogP contribution in [0.1, 0.15) is 72.1 Å². The van der Waals surface area contributed by atoms with Crippen molar-refractivity contribution < 1.29 is 5.11 Å². The fraction of sp³-hybridized carbons (Fsp3) is 0.684. The number of rotatable bonds is 5. The predicted molar refractivity (Wildman–Crippen MR) is 93.4 cm³/mol. The SMILES string of the molecule is CC(C)C(C)(C)c1cc(CCl)cc(C(C)(C)C(C)C)c1O. The largest absolute Gasteiger partial charge is 0.507 e. The van der Waals surface area contributed by atoms with Gasteiger partial charge in [-0.2, -0.15) is 0 Å². The summed E-state index contributed by atoms with van der Waals surface area (Å²) in [4.78, 5) is 0. The highest BCUT2D eigenvalue weighted by molar-refractivity contribution is 6.17. The van der Waals surface area contributed by atoms with E-state index < -0.39 is 0 Å². The van der Waals surface area contributed by atoms with Crippen LogP contribution >= 0.6 is 11.6 Å². The first kappa shape index (κ1) is 18.4. The molecule has 0 unspecified atom stereocenters. The lowest BCUT2D eigenvalue weighted by Gasteiger charge is -2.36. The number of halogens is 1. The molecular formula is C19H31ClO. The molecule has 1 nitrogen and oxygen atoms in total. The van der Waals surface area contributed by atoms with Crippen LogP contribution in [0.25, 0.3) is 0 Å². The van der Waals surface area contributed by atoms with Crippen molar-refractivity contribution in [1.82, 2.24) is 0 Å². The van der Waals surface area contributed by atoms with E-state index in [9.17, 15) is 5.11 Å². The molecule has 0 amide bonds. The molecule has 0 fully saturated rings. The molecule has 1 rings (SSSR count). The molecule has 1 aromatic carbocycles. The van der Waals surface area contributed by atoms with Gasteiger partial charge in [-0.3, -0.25) is 0 Å². The molecule has 0 aliphatic carbocycles. The zero-order chi connectivity index (χ0) is 16.6. The maximum absolute atomic E-state index is 10.9. The Morgan fingerprint density at radius 1 is 0.905 bits per heavy atom. The van der Waals surface area contributed by atoms with Gasteiger partial charge >= 0.3 is 0 Å². The van der Waals surface area contributed by atoms with Gasteiger partial charge < -0.3 is 5.11 Å². The summed E-state index contributed by atoms with van der Waals surface area (Å²) < 4.78 is 0. The molecule has 1 N–H and O–H groups in total. The minimum atomic E-state index is -0.0893. The Kier molecular flexibility index (Phi) is 5.42. The average molecular weight is 311 g/mol. The van der Waals surface area contributed by atoms with Crippen molar-refractivity contribution in [1.29, 1.82) is 0 Å². The number of phenolic OH excluding ortho intramolecular Hbond substituents is 1. The van der Waals surface area contributed by atoms with E-state index >= 15 is 0 Å². The molecule has 0 heterocycles. The minimum Gasteiger partial charge on any atom is -0.507 e. The van der Waals surface area contributed by atoms with Gasteiger partial charge in [0.25, 0.3) is 0 Å². The van der Waals surface area contributed by atoms with Crippen molar-refractivity contribution >= 4 is 11.6 Å². The predicted octanol–water partition coefficient (Wildman–Crippen LogP) is 6.00. The van der Waals surface area contributed by atoms with Gasteiger partial charge in [0.15, 0.2) is 0 Å². The summed E-state index contributed by atoms with van der Waals surface area (Å²) in [5.74, 6) is 1.79. The lowest BCUT2D eigenvalue weighted by atomic mass is 9.69. The number of hydrogen-bond acceptors (Lipinski definition) is 1. The summed E-state index contributed by atoms with van der Waals surface area (Å²) in [6.45, 7) is 17.5.